The van der Waals surface area contributed by atoms with Crippen molar-refractivity contribution in [2.45, 2.75) is 25.9 Å². The van der Waals surface area contributed by atoms with Crippen LogP contribution in [0.15, 0.2) is 36.4 Å². The molecule has 0 aliphatic carbocycles. The van der Waals surface area contributed by atoms with E-state index in [0.29, 0.717) is 6.54 Å². The highest BCUT2D eigenvalue weighted by Gasteiger charge is 2.18. The number of hydrogen-bond acceptors (Lipinski definition) is 3. The second-order valence-corrected chi connectivity index (χ2v) is 5.43. The van der Waals surface area contributed by atoms with Gasteiger partial charge in [0.05, 0.1) is 24.4 Å². The van der Waals surface area contributed by atoms with Crippen LogP contribution >= 0.6 is 0 Å². The van der Waals surface area contributed by atoms with Gasteiger partial charge in [-0.05, 0) is 11.6 Å². The van der Waals surface area contributed by atoms with E-state index in [0.717, 1.165) is 31.7 Å². The monoisotopic (exact) mass is 285 g/mol. The van der Waals surface area contributed by atoms with Gasteiger partial charge < -0.3 is 5.11 Å². The van der Waals surface area contributed by atoms with E-state index in [1.54, 1.807) is 0 Å². The molecule has 0 unspecified atom stereocenters. The molecule has 110 valence electrons. The van der Waals surface area contributed by atoms with Crippen molar-refractivity contribution < 1.29 is 9.90 Å². The van der Waals surface area contributed by atoms with E-state index in [4.69, 9.17) is 5.11 Å². The summed E-state index contributed by atoms with van der Waals surface area (Å²) in [6.07, 6.45) is 1.04. The molecule has 2 heterocycles. The highest BCUT2D eigenvalue weighted by molar-refractivity contribution is 5.66. The average molecular weight is 285 g/mol. The van der Waals surface area contributed by atoms with Crippen LogP contribution in [0.4, 0.5) is 0 Å². The number of rotatable bonds is 5. The lowest BCUT2D eigenvalue weighted by atomic mass is 10.1. The molecule has 1 aromatic heterocycles. The molecule has 5 heteroatoms. The first-order chi connectivity index (χ1) is 10.2. The number of nitrogens with zero attached hydrogens (tertiary/aromatic N) is 3. The minimum atomic E-state index is -0.737. The van der Waals surface area contributed by atoms with Crippen LogP contribution in [0, 0.1) is 0 Å². The fraction of sp³-hybridized carbons (Fsp3) is 0.375. The van der Waals surface area contributed by atoms with Gasteiger partial charge in [-0.3, -0.25) is 14.4 Å². The zero-order valence-corrected chi connectivity index (χ0v) is 11.9. The van der Waals surface area contributed by atoms with Gasteiger partial charge >= 0.3 is 5.97 Å². The summed E-state index contributed by atoms with van der Waals surface area (Å²) >= 11 is 0. The van der Waals surface area contributed by atoms with E-state index in [-0.39, 0.29) is 6.42 Å². The summed E-state index contributed by atoms with van der Waals surface area (Å²) in [4.78, 5) is 12.8. The predicted octanol–water partition coefficient (Wildman–Crippen LogP) is 1.76. The Morgan fingerprint density at radius 3 is 2.81 bits per heavy atom. The van der Waals surface area contributed by atoms with Gasteiger partial charge in [0, 0.05) is 26.1 Å². The van der Waals surface area contributed by atoms with Crippen LogP contribution in [0.5, 0.6) is 0 Å². The van der Waals surface area contributed by atoms with Crippen molar-refractivity contribution in [2.24, 2.45) is 0 Å². The van der Waals surface area contributed by atoms with Gasteiger partial charge in [0.25, 0.3) is 0 Å². The zero-order valence-electron chi connectivity index (χ0n) is 11.9. The summed E-state index contributed by atoms with van der Waals surface area (Å²) in [6, 6.07) is 12.5. The molecular formula is C16H19N3O2. The number of aliphatic carboxylic acids is 1. The molecule has 1 aliphatic heterocycles. The minimum absolute atomic E-state index is 0.199. The number of carboxylic acid groups (broad SMARTS) is 1. The summed E-state index contributed by atoms with van der Waals surface area (Å²) in [5.41, 5.74) is 3.52. The Hall–Kier alpha value is -2.14. The van der Waals surface area contributed by atoms with Gasteiger partial charge in [0.2, 0.25) is 0 Å². The first kappa shape index (κ1) is 13.8. The van der Waals surface area contributed by atoms with Crippen LogP contribution in [0.2, 0.25) is 0 Å². The van der Waals surface area contributed by atoms with Crippen molar-refractivity contribution in [1.29, 1.82) is 0 Å². The Balaban J connectivity index is 1.65. The average Bonchev–Trinajstić information content (AvgIpc) is 2.87. The number of carboxylic acids is 1. The highest BCUT2D eigenvalue weighted by Crippen LogP contribution is 2.16. The molecule has 0 atom stereocenters. The fourth-order valence-corrected chi connectivity index (χ4v) is 2.72. The largest absolute Gasteiger partial charge is 0.481 e. The number of carbonyl (C=O) groups is 1. The summed E-state index contributed by atoms with van der Waals surface area (Å²) in [6.45, 7) is 3.10. The first-order valence-corrected chi connectivity index (χ1v) is 7.24. The maximum atomic E-state index is 10.7. The number of benzene rings is 1. The van der Waals surface area contributed by atoms with E-state index in [2.05, 4.69) is 32.9 Å². The predicted molar refractivity (Wildman–Crippen MR) is 79.0 cm³/mol. The summed E-state index contributed by atoms with van der Waals surface area (Å²) < 4.78 is 2.05. The van der Waals surface area contributed by atoms with E-state index in [1.165, 1.54) is 11.3 Å². The molecule has 5 nitrogen and oxygen atoms in total. The normalized spacial score (nSPS) is 14.9. The van der Waals surface area contributed by atoms with Crippen LogP contribution in [-0.4, -0.2) is 38.8 Å². The molecule has 0 fully saturated rings. The van der Waals surface area contributed by atoms with Gasteiger partial charge in [-0.15, -0.1) is 0 Å². The van der Waals surface area contributed by atoms with Crippen molar-refractivity contribution in [3.8, 4) is 0 Å². The van der Waals surface area contributed by atoms with Gasteiger partial charge in [-0.25, -0.2) is 0 Å². The van der Waals surface area contributed by atoms with Crippen molar-refractivity contribution in [2.75, 3.05) is 13.1 Å². The summed E-state index contributed by atoms with van der Waals surface area (Å²) in [5.74, 6) is -0.737. The van der Waals surface area contributed by atoms with Crippen molar-refractivity contribution in [3.05, 3.63) is 53.3 Å². The molecule has 1 N–H and O–H groups in total. The second-order valence-electron chi connectivity index (χ2n) is 5.43. The third-order valence-electron chi connectivity index (χ3n) is 3.80. The molecule has 0 bridgehead atoms. The zero-order chi connectivity index (χ0) is 14.7. The molecular weight excluding hydrogens is 266 g/mol. The lowest BCUT2D eigenvalue weighted by Crippen LogP contribution is -2.35. The molecule has 1 aromatic carbocycles. The maximum Gasteiger partial charge on any atom is 0.304 e. The number of hydrogen-bond donors (Lipinski definition) is 1. The van der Waals surface area contributed by atoms with Gasteiger partial charge in [0.15, 0.2) is 0 Å². The van der Waals surface area contributed by atoms with E-state index < -0.39 is 5.97 Å². The van der Waals surface area contributed by atoms with Crippen LogP contribution < -0.4 is 0 Å². The Kier molecular flexibility index (Phi) is 4.01. The third-order valence-corrected chi connectivity index (χ3v) is 3.80. The van der Waals surface area contributed by atoms with Crippen LogP contribution in [0.3, 0.4) is 0 Å². The smallest absolute Gasteiger partial charge is 0.304 e. The Morgan fingerprint density at radius 1 is 1.24 bits per heavy atom. The van der Waals surface area contributed by atoms with E-state index >= 15 is 0 Å². The van der Waals surface area contributed by atoms with Crippen LogP contribution in [0.1, 0.15) is 23.4 Å². The quantitative estimate of drug-likeness (QED) is 0.909. The molecule has 0 saturated heterocycles. The molecule has 21 heavy (non-hydrogen) atoms. The van der Waals surface area contributed by atoms with Gasteiger partial charge in [-0.2, -0.15) is 5.10 Å². The maximum absolute atomic E-state index is 10.7. The SMILES string of the molecule is O=C(O)CCN1CCn2nc(Cc3ccccc3)cc2C1. The van der Waals surface area contributed by atoms with Gasteiger partial charge in [0.1, 0.15) is 0 Å². The fourth-order valence-electron chi connectivity index (χ4n) is 2.72. The third kappa shape index (κ3) is 3.49. The van der Waals surface area contributed by atoms with Crippen LogP contribution in [0.25, 0.3) is 0 Å². The topological polar surface area (TPSA) is 58.4 Å². The van der Waals surface area contributed by atoms with Crippen molar-refractivity contribution >= 4 is 5.97 Å². The molecule has 1 aliphatic rings. The Labute approximate surface area is 123 Å². The Bertz CT molecular complexity index is 622. The molecule has 0 spiro atoms. The summed E-state index contributed by atoms with van der Waals surface area (Å²) in [5, 5.41) is 13.4. The molecule has 0 amide bonds. The van der Waals surface area contributed by atoms with Crippen molar-refractivity contribution in [1.82, 2.24) is 14.7 Å². The minimum Gasteiger partial charge on any atom is -0.481 e. The van der Waals surface area contributed by atoms with Crippen LogP contribution in [-0.2, 0) is 24.3 Å². The molecule has 2 aromatic rings. The van der Waals surface area contributed by atoms with E-state index in [9.17, 15) is 4.79 Å². The second kappa shape index (κ2) is 6.10. The van der Waals surface area contributed by atoms with E-state index in [1.807, 2.05) is 18.2 Å². The van der Waals surface area contributed by atoms with Crippen molar-refractivity contribution in [3.63, 3.8) is 0 Å². The lowest BCUT2D eigenvalue weighted by Gasteiger charge is -2.26. The summed E-state index contributed by atoms with van der Waals surface area (Å²) in [7, 11) is 0. The Morgan fingerprint density at radius 2 is 2.05 bits per heavy atom. The molecule has 3 rings (SSSR count). The molecule has 0 saturated carbocycles. The standard InChI is InChI=1S/C16H19N3O2/c20-16(21)6-7-18-8-9-19-15(12-18)11-14(17-19)10-13-4-2-1-3-5-13/h1-5,11H,6-10,12H2,(H,20,21). The number of fused-ring (bicyclic) bond motifs is 1. The highest BCUT2D eigenvalue weighted by atomic mass is 16.4. The number of aromatic nitrogens is 2. The molecule has 0 radical (unpaired) electrons. The van der Waals surface area contributed by atoms with Gasteiger partial charge in [-0.1, -0.05) is 30.3 Å². The lowest BCUT2D eigenvalue weighted by molar-refractivity contribution is -0.137. The first-order valence-electron chi connectivity index (χ1n) is 7.24.